The molecule has 1 aromatic carbocycles. The van der Waals surface area contributed by atoms with Crippen LogP contribution in [0.5, 0.6) is 11.5 Å². The number of ether oxygens (including phenoxy) is 2. The summed E-state index contributed by atoms with van der Waals surface area (Å²) >= 11 is 5.97. The Hall–Kier alpha value is -1.75. The van der Waals surface area contributed by atoms with E-state index in [1.807, 2.05) is 12.1 Å². The van der Waals surface area contributed by atoms with E-state index in [0.29, 0.717) is 23.1 Å². The minimum Gasteiger partial charge on any atom is -0.497 e. The summed E-state index contributed by atoms with van der Waals surface area (Å²) in [6.45, 7) is 0. The molecule has 1 saturated carbocycles. The van der Waals surface area contributed by atoms with Crippen molar-refractivity contribution < 1.29 is 9.47 Å². The Morgan fingerprint density at radius 1 is 1.21 bits per heavy atom. The van der Waals surface area contributed by atoms with Crippen LogP contribution >= 0.6 is 11.6 Å². The first-order valence-electron chi connectivity index (χ1n) is 6.07. The van der Waals surface area contributed by atoms with Crippen molar-refractivity contribution in [3.8, 4) is 11.5 Å². The maximum Gasteiger partial charge on any atom is 0.224 e. The molecule has 1 aliphatic carbocycles. The van der Waals surface area contributed by atoms with Gasteiger partial charge in [0.1, 0.15) is 17.3 Å². The Balaban J connectivity index is 2.22. The molecule has 0 amide bonds. The van der Waals surface area contributed by atoms with Crippen molar-refractivity contribution in [1.82, 2.24) is 9.97 Å². The summed E-state index contributed by atoms with van der Waals surface area (Å²) in [7, 11) is 3.22. The second kappa shape index (κ2) is 4.74. The molecule has 0 unspecified atom stereocenters. The molecule has 0 saturated heterocycles. The molecule has 6 heteroatoms. The van der Waals surface area contributed by atoms with Gasteiger partial charge >= 0.3 is 0 Å². The van der Waals surface area contributed by atoms with Crippen LogP contribution in [0.4, 0.5) is 5.82 Å². The zero-order chi connectivity index (χ0) is 13.4. The average molecular weight is 280 g/mol. The van der Waals surface area contributed by atoms with Gasteiger partial charge in [0.15, 0.2) is 0 Å². The van der Waals surface area contributed by atoms with Gasteiger partial charge in [-0.1, -0.05) is 0 Å². The van der Waals surface area contributed by atoms with Gasteiger partial charge in [0.2, 0.25) is 5.28 Å². The van der Waals surface area contributed by atoms with E-state index in [2.05, 4.69) is 15.3 Å². The van der Waals surface area contributed by atoms with Crippen molar-refractivity contribution in [2.75, 3.05) is 19.5 Å². The van der Waals surface area contributed by atoms with E-state index in [4.69, 9.17) is 21.1 Å². The fourth-order valence-corrected chi connectivity index (χ4v) is 2.15. The van der Waals surface area contributed by atoms with Crippen molar-refractivity contribution in [3.63, 3.8) is 0 Å². The van der Waals surface area contributed by atoms with Crippen molar-refractivity contribution >= 4 is 28.3 Å². The molecule has 3 rings (SSSR count). The number of methoxy groups -OCH3 is 2. The molecule has 100 valence electrons. The van der Waals surface area contributed by atoms with Gasteiger partial charge in [-0.3, -0.25) is 0 Å². The highest BCUT2D eigenvalue weighted by atomic mass is 35.5. The molecule has 0 spiro atoms. The number of rotatable bonds is 4. The molecule has 1 fully saturated rings. The second-order valence-corrected chi connectivity index (χ2v) is 4.82. The number of hydrogen-bond donors (Lipinski definition) is 1. The standard InChI is InChI=1S/C13H14ClN3O2/c1-18-8-5-9-11(10(6-8)19-2)12(15-7-3-4-7)17-13(14)16-9/h5-7H,3-4H2,1-2H3,(H,15,16,17). The number of aromatic nitrogens is 2. The number of benzene rings is 1. The van der Waals surface area contributed by atoms with E-state index in [9.17, 15) is 0 Å². The maximum atomic E-state index is 5.97. The predicted molar refractivity (Wildman–Crippen MR) is 74.3 cm³/mol. The molecule has 0 radical (unpaired) electrons. The third-order valence-corrected chi connectivity index (χ3v) is 3.25. The van der Waals surface area contributed by atoms with Gasteiger partial charge in [-0.2, -0.15) is 0 Å². The summed E-state index contributed by atoms with van der Waals surface area (Å²) in [6.07, 6.45) is 2.31. The minimum absolute atomic E-state index is 0.214. The number of hydrogen-bond acceptors (Lipinski definition) is 5. The Bertz CT molecular complexity index is 629. The predicted octanol–water partition coefficient (Wildman–Crippen LogP) is 2.87. The Morgan fingerprint density at radius 2 is 2.00 bits per heavy atom. The molecule has 0 atom stereocenters. The van der Waals surface area contributed by atoms with Gasteiger partial charge in [0.05, 0.1) is 25.1 Å². The van der Waals surface area contributed by atoms with Crippen LogP contribution in [0.15, 0.2) is 12.1 Å². The molecule has 1 aromatic heterocycles. The monoisotopic (exact) mass is 279 g/mol. The highest BCUT2D eigenvalue weighted by molar-refractivity contribution is 6.29. The minimum atomic E-state index is 0.214. The number of fused-ring (bicyclic) bond motifs is 1. The van der Waals surface area contributed by atoms with E-state index in [0.717, 1.165) is 24.0 Å². The van der Waals surface area contributed by atoms with Crippen LogP contribution in [-0.4, -0.2) is 30.2 Å². The SMILES string of the molecule is COc1cc(OC)c2c(NC3CC3)nc(Cl)nc2c1. The lowest BCUT2D eigenvalue weighted by atomic mass is 10.2. The first-order chi connectivity index (χ1) is 9.21. The van der Waals surface area contributed by atoms with Crippen LogP contribution in [0.2, 0.25) is 5.28 Å². The van der Waals surface area contributed by atoms with Gasteiger partial charge in [-0.05, 0) is 24.4 Å². The summed E-state index contributed by atoms with van der Waals surface area (Å²) in [5.41, 5.74) is 0.708. The lowest BCUT2D eigenvalue weighted by Gasteiger charge is -2.12. The van der Waals surface area contributed by atoms with E-state index in [1.54, 1.807) is 14.2 Å². The highest BCUT2D eigenvalue weighted by Crippen LogP contribution is 2.37. The van der Waals surface area contributed by atoms with Crippen molar-refractivity contribution in [1.29, 1.82) is 0 Å². The van der Waals surface area contributed by atoms with Crippen LogP contribution < -0.4 is 14.8 Å². The van der Waals surface area contributed by atoms with Crippen LogP contribution in [-0.2, 0) is 0 Å². The third-order valence-electron chi connectivity index (χ3n) is 3.08. The molecule has 1 N–H and O–H groups in total. The average Bonchev–Trinajstić information content (AvgIpc) is 3.20. The Labute approximate surface area is 115 Å². The number of anilines is 1. The first-order valence-corrected chi connectivity index (χ1v) is 6.45. The Morgan fingerprint density at radius 3 is 2.63 bits per heavy atom. The number of nitrogens with one attached hydrogen (secondary N) is 1. The summed E-state index contributed by atoms with van der Waals surface area (Å²) in [4.78, 5) is 8.50. The Kier molecular flexibility index (Phi) is 3.06. The van der Waals surface area contributed by atoms with Crippen LogP contribution in [0.1, 0.15) is 12.8 Å². The number of nitrogens with zero attached hydrogens (tertiary/aromatic N) is 2. The first kappa shape index (κ1) is 12.3. The van der Waals surface area contributed by atoms with Gasteiger partial charge in [0, 0.05) is 18.2 Å². The van der Waals surface area contributed by atoms with E-state index in [1.165, 1.54) is 0 Å². The van der Waals surface area contributed by atoms with Crippen molar-refractivity contribution in [3.05, 3.63) is 17.4 Å². The van der Waals surface area contributed by atoms with Crippen LogP contribution in [0.3, 0.4) is 0 Å². The lowest BCUT2D eigenvalue weighted by molar-refractivity contribution is 0.398. The second-order valence-electron chi connectivity index (χ2n) is 4.48. The molecule has 5 nitrogen and oxygen atoms in total. The zero-order valence-electron chi connectivity index (χ0n) is 10.7. The number of halogens is 1. The molecule has 1 heterocycles. The normalized spacial score (nSPS) is 14.5. The van der Waals surface area contributed by atoms with Gasteiger partial charge in [-0.25, -0.2) is 9.97 Å². The molecule has 1 aliphatic rings. The summed E-state index contributed by atoms with van der Waals surface area (Å²) in [6, 6.07) is 4.11. The zero-order valence-corrected chi connectivity index (χ0v) is 11.5. The van der Waals surface area contributed by atoms with Gasteiger partial charge < -0.3 is 14.8 Å². The van der Waals surface area contributed by atoms with Crippen LogP contribution in [0.25, 0.3) is 10.9 Å². The van der Waals surface area contributed by atoms with Gasteiger partial charge in [-0.15, -0.1) is 0 Å². The summed E-state index contributed by atoms with van der Waals surface area (Å²) < 4.78 is 10.6. The molecule has 2 aromatic rings. The lowest BCUT2D eigenvalue weighted by Crippen LogP contribution is -2.05. The quantitative estimate of drug-likeness (QED) is 0.872. The maximum absolute atomic E-state index is 5.97. The third kappa shape index (κ3) is 2.38. The fourth-order valence-electron chi connectivity index (χ4n) is 1.98. The smallest absolute Gasteiger partial charge is 0.224 e. The summed E-state index contributed by atoms with van der Waals surface area (Å²) in [5, 5.41) is 4.40. The molecule has 0 aliphatic heterocycles. The topological polar surface area (TPSA) is 56.3 Å². The molecular formula is C13H14ClN3O2. The van der Waals surface area contributed by atoms with E-state index >= 15 is 0 Å². The summed E-state index contributed by atoms with van der Waals surface area (Å²) in [5.74, 6) is 2.07. The molecular weight excluding hydrogens is 266 g/mol. The van der Waals surface area contributed by atoms with E-state index in [-0.39, 0.29) is 5.28 Å². The molecule has 0 bridgehead atoms. The largest absolute Gasteiger partial charge is 0.497 e. The highest BCUT2D eigenvalue weighted by Gasteiger charge is 2.24. The van der Waals surface area contributed by atoms with Crippen LogP contribution in [0, 0.1) is 0 Å². The van der Waals surface area contributed by atoms with Crippen molar-refractivity contribution in [2.45, 2.75) is 18.9 Å². The van der Waals surface area contributed by atoms with E-state index < -0.39 is 0 Å². The fraction of sp³-hybridized carbons (Fsp3) is 0.385. The molecule has 19 heavy (non-hydrogen) atoms. The van der Waals surface area contributed by atoms with Gasteiger partial charge in [0.25, 0.3) is 0 Å². The van der Waals surface area contributed by atoms with Crippen molar-refractivity contribution in [2.24, 2.45) is 0 Å².